The Bertz CT molecular complexity index is 424. The zero-order chi connectivity index (χ0) is 15.2. The summed E-state index contributed by atoms with van der Waals surface area (Å²) in [5.74, 6) is -0.762. The van der Waals surface area contributed by atoms with Crippen LogP contribution in [0.15, 0.2) is 18.5 Å². The molecule has 114 valence electrons. The third kappa shape index (κ3) is 4.67. The van der Waals surface area contributed by atoms with Crippen LogP contribution in [-0.4, -0.2) is 22.2 Å². The fraction of sp³-hybridized carbons (Fsp3) is 0.688. The van der Waals surface area contributed by atoms with E-state index in [0.717, 1.165) is 25.8 Å². The standard InChI is InChI=1S/C16H28N2O2/c1-5-7-14(17-9-6-2)13-8-10-18(11-13)12-16(3,4)15(19)20/h8,10-11,14,17H,5-7,9,12H2,1-4H3,(H,19,20). The van der Waals surface area contributed by atoms with E-state index in [2.05, 4.69) is 31.4 Å². The van der Waals surface area contributed by atoms with Gasteiger partial charge in [0.15, 0.2) is 0 Å². The van der Waals surface area contributed by atoms with Crippen molar-refractivity contribution in [1.29, 1.82) is 0 Å². The average Bonchev–Trinajstić information content (AvgIpc) is 2.82. The van der Waals surface area contributed by atoms with Crippen LogP contribution in [0.1, 0.15) is 58.6 Å². The average molecular weight is 280 g/mol. The van der Waals surface area contributed by atoms with Crippen LogP contribution >= 0.6 is 0 Å². The Morgan fingerprint density at radius 1 is 1.40 bits per heavy atom. The van der Waals surface area contributed by atoms with Gasteiger partial charge in [-0.1, -0.05) is 20.3 Å². The van der Waals surface area contributed by atoms with Crippen molar-refractivity contribution in [3.8, 4) is 0 Å². The van der Waals surface area contributed by atoms with Gasteiger partial charge in [0.25, 0.3) is 0 Å². The molecule has 1 aromatic heterocycles. The van der Waals surface area contributed by atoms with Gasteiger partial charge in [0.1, 0.15) is 0 Å². The molecule has 4 nitrogen and oxygen atoms in total. The molecule has 1 rings (SSSR count). The van der Waals surface area contributed by atoms with Gasteiger partial charge >= 0.3 is 5.97 Å². The van der Waals surface area contributed by atoms with Crippen molar-refractivity contribution in [3.63, 3.8) is 0 Å². The maximum atomic E-state index is 11.2. The lowest BCUT2D eigenvalue weighted by Crippen LogP contribution is -2.28. The highest BCUT2D eigenvalue weighted by molar-refractivity contribution is 5.73. The van der Waals surface area contributed by atoms with E-state index in [1.807, 2.05) is 10.8 Å². The van der Waals surface area contributed by atoms with Crippen LogP contribution in [-0.2, 0) is 11.3 Å². The summed E-state index contributed by atoms with van der Waals surface area (Å²) in [5.41, 5.74) is 0.509. The number of carboxylic acid groups (broad SMARTS) is 1. The van der Waals surface area contributed by atoms with Gasteiger partial charge in [0.2, 0.25) is 0 Å². The van der Waals surface area contributed by atoms with Crippen molar-refractivity contribution >= 4 is 5.97 Å². The zero-order valence-corrected chi connectivity index (χ0v) is 13.1. The molecule has 2 N–H and O–H groups in total. The summed E-state index contributed by atoms with van der Waals surface area (Å²) >= 11 is 0. The maximum absolute atomic E-state index is 11.2. The summed E-state index contributed by atoms with van der Waals surface area (Å²) in [7, 11) is 0. The Labute approximate surface area is 122 Å². The molecular weight excluding hydrogens is 252 g/mol. The van der Waals surface area contributed by atoms with Crippen molar-refractivity contribution in [3.05, 3.63) is 24.0 Å². The van der Waals surface area contributed by atoms with E-state index in [1.54, 1.807) is 13.8 Å². The van der Waals surface area contributed by atoms with E-state index in [1.165, 1.54) is 5.56 Å². The molecule has 0 aliphatic carbocycles. The van der Waals surface area contributed by atoms with Crippen molar-refractivity contribution in [2.45, 2.75) is 59.5 Å². The van der Waals surface area contributed by atoms with Gasteiger partial charge in [-0.15, -0.1) is 0 Å². The Morgan fingerprint density at radius 3 is 2.65 bits per heavy atom. The Kier molecular flexibility index (Phi) is 6.27. The number of hydrogen-bond donors (Lipinski definition) is 2. The number of rotatable bonds is 9. The molecule has 0 aliphatic heterocycles. The number of nitrogens with one attached hydrogen (secondary N) is 1. The molecule has 0 fully saturated rings. The summed E-state index contributed by atoms with van der Waals surface area (Å²) in [5, 5.41) is 12.7. The topological polar surface area (TPSA) is 54.3 Å². The van der Waals surface area contributed by atoms with Crippen molar-refractivity contribution in [2.75, 3.05) is 6.54 Å². The Morgan fingerprint density at radius 2 is 2.10 bits per heavy atom. The second-order valence-electron chi connectivity index (χ2n) is 6.10. The first-order valence-electron chi connectivity index (χ1n) is 7.53. The fourth-order valence-corrected chi connectivity index (χ4v) is 2.28. The molecule has 0 saturated carbocycles. The zero-order valence-electron chi connectivity index (χ0n) is 13.1. The van der Waals surface area contributed by atoms with E-state index >= 15 is 0 Å². The molecular formula is C16H28N2O2. The first kappa shape index (κ1) is 16.8. The van der Waals surface area contributed by atoms with Crippen LogP contribution in [0.3, 0.4) is 0 Å². The number of carbonyl (C=O) groups is 1. The largest absolute Gasteiger partial charge is 0.481 e. The van der Waals surface area contributed by atoms with Crippen molar-refractivity contribution in [2.24, 2.45) is 5.41 Å². The summed E-state index contributed by atoms with van der Waals surface area (Å²) in [6.07, 6.45) is 7.41. The SMILES string of the molecule is CCCNC(CCC)c1ccn(CC(C)(C)C(=O)O)c1. The van der Waals surface area contributed by atoms with Gasteiger partial charge in [-0.25, -0.2) is 0 Å². The van der Waals surface area contributed by atoms with Crippen LogP contribution in [0, 0.1) is 5.41 Å². The van der Waals surface area contributed by atoms with E-state index in [-0.39, 0.29) is 0 Å². The van der Waals surface area contributed by atoms with E-state index < -0.39 is 11.4 Å². The lowest BCUT2D eigenvalue weighted by Gasteiger charge is -2.20. The number of aromatic nitrogens is 1. The summed E-state index contributed by atoms with van der Waals surface area (Å²) < 4.78 is 1.99. The highest BCUT2D eigenvalue weighted by Gasteiger charge is 2.27. The van der Waals surface area contributed by atoms with E-state index in [0.29, 0.717) is 12.6 Å². The highest BCUT2D eigenvalue weighted by atomic mass is 16.4. The first-order valence-corrected chi connectivity index (χ1v) is 7.53. The number of carboxylic acids is 1. The summed E-state index contributed by atoms with van der Waals surface area (Å²) in [4.78, 5) is 11.2. The van der Waals surface area contributed by atoms with E-state index in [9.17, 15) is 9.90 Å². The molecule has 0 radical (unpaired) electrons. The maximum Gasteiger partial charge on any atom is 0.310 e. The molecule has 4 heteroatoms. The molecule has 20 heavy (non-hydrogen) atoms. The molecule has 1 atom stereocenters. The van der Waals surface area contributed by atoms with Crippen LogP contribution in [0.2, 0.25) is 0 Å². The minimum atomic E-state index is -0.762. The Balaban J connectivity index is 2.75. The van der Waals surface area contributed by atoms with Gasteiger partial charge in [-0.3, -0.25) is 4.79 Å². The highest BCUT2D eigenvalue weighted by Crippen LogP contribution is 2.22. The number of aliphatic carboxylic acids is 1. The quantitative estimate of drug-likeness (QED) is 0.728. The molecule has 0 amide bonds. The number of hydrogen-bond acceptors (Lipinski definition) is 2. The fourth-order valence-electron chi connectivity index (χ4n) is 2.28. The minimum absolute atomic E-state index is 0.370. The number of nitrogens with zero attached hydrogens (tertiary/aromatic N) is 1. The smallest absolute Gasteiger partial charge is 0.310 e. The van der Waals surface area contributed by atoms with Gasteiger partial charge in [-0.05, 0) is 44.9 Å². The lowest BCUT2D eigenvalue weighted by molar-refractivity contribution is -0.147. The molecule has 1 aromatic rings. The molecule has 1 unspecified atom stereocenters. The molecule has 0 bridgehead atoms. The molecule has 0 aromatic carbocycles. The van der Waals surface area contributed by atoms with Crippen LogP contribution in [0.25, 0.3) is 0 Å². The molecule has 0 spiro atoms. The van der Waals surface area contributed by atoms with Gasteiger partial charge in [0, 0.05) is 25.0 Å². The second-order valence-corrected chi connectivity index (χ2v) is 6.10. The third-order valence-electron chi connectivity index (χ3n) is 3.55. The molecule has 0 aliphatic rings. The van der Waals surface area contributed by atoms with E-state index in [4.69, 9.17) is 0 Å². The predicted molar refractivity (Wildman–Crippen MR) is 81.8 cm³/mol. The van der Waals surface area contributed by atoms with Gasteiger partial charge < -0.3 is 15.0 Å². The second kappa shape index (κ2) is 7.48. The normalized spacial score (nSPS) is 13.4. The predicted octanol–water partition coefficient (Wildman–Crippen LogP) is 3.44. The van der Waals surface area contributed by atoms with Crippen LogP contribution in [0.4, 0.5) is 0 Å². The van der Waals surface area contributed by atoms with Crippen LogP contribution in [0.5, 0.6) is 0 Å². The lowest BCUT2D eigenvalue weighted by atomic mass is 9.94. The third-order valence-corrected chi connectivity index (χ3v) is 3.55. The van der Waals surface area contributed by atoms with Crippen molar-refractivity contribution < 1.29 is 9.90 Å². The van der Waals surface area contributed by atoms with Crippen LogP contribution < -0.4 is 5.32 Å². The monoisotopic (exact) mass is 280 g/mol. The Hall–Kier alpha value is -1.29. The summed E-state index contributed by atoms with van der Waals surface area (Å²) in [6.45, 7) is 9.37. The molecule has 0 saturated heterocycles. The van der Waals surface area contributed by atoms with Crippen molar-refractivity contribution in [1.82, 2.24) is 9.88 Å². The summed E-state index contributed by atoms with van der Waals surface area (Å²) in [6, 6.07) is 2.47. The van der Waals surface area contributed by atoms with Gasteiger partial charge in [0.05, 0.1) is 5.41 Å². The minimum Gasteiger partial charge on any atom is -0.481 e. The molecule has 1 heterocycles. The first-order chi connectivity index (χ1) is 9.40. The van der Waals surface area contributed by atoms with Gasteiger partial charge in [-0.2, -0.15) is 0 Å².